The Morgan fingerprint density at radius 3 is 2.41 bits per heavy atom. The van der Waals surface area contributed by atoms with Crippen molar-refractivity contribution in [2.75, 3.05) is 0 Å². The molecule has 0 bridgehead atoms. The van der Waals surface area contributed by atoms with Crippen molar-refractivity contribution in [3.8, 4) is 0 Å². The molecule has 3 aromatic rings. The summed E-state index contributed by atoms with van der Waals surface area (Å²) in [5.74, 6) is -1.46. The smallest absolute Gasteiger partial charge is 0.311 e. The van der Waals surface area contributed by atoms with Crippen molar-refractivity contribution in [1.29, 1.82) is 0 Å². The fourth-order valence-corrected chi connectivity index (χ4v) is 2.98. The SMILES string of the molecule is O=C(O)C(Cc1ccccc1Cl)c1cccc2ccccc12. The molecule has 3 aromatic carbocycles. The Morgan fingerprint density at radius 1 is 0.955 bits per heavy atom. The van der Waals surface area contributed by atoms with Crippen LogP contribution in [0.25, 0.3) is 10.8 Å². The summed E-state index contributed by atoms with van der Waals surface area (Å²) in [7, 11) is 0. The molecular weight excluding hydrogens is 296 g/mol. The Morgan fingerprint density at radius 2 is 1.64 bits per heavy atom. The van der Waals surface area contributed by atoms with E-state index in [9.17, 15) is 9.90 Å². The molecule has 0 fully saturated rings. The van der Waals surface area contributed by atoms with Crippen LogP contribution in [0.2, 0.25) is 5.02 Å². The van der Waals surface area contributed by atoms with Gasteiger partial charge in [0.05, 0.1) is 5.92 Å². The minimum Gasteiger partial charge on any atom is -0.481 e. The maximum atomic E-state index is 11.8. The van der Waals surface area contributed by atoms with Gasteiger partial charge in [0.2, 0.25) is 0 Å². The average Bonchev–Trinajstić information content (AvgIpc) is 2.53. The predicted octanol–water partition coefficient (Wildman–Crippen LogP) is 4.90. The zero-order valence-electron chi connectivity index (χ0n) is 11.9. The number of hydrogen-bond acceptors (Lipinski definition) is 1. The number of carboxylic acids is 1. The van der Waals surface area contributed by atoms with Crippen LogP contribution in [0.1, 0.15) is 17.0 Å². The van der Waals surface area contributed by atoms with Gasteiger partial charge in [0.25, 0.3) is 0 Å². The molecule has 3 rings (SSSR count). The van der Waals surface area contributed by atoms with Crippen molar-refractivity contribution in [3.05, 3.63) is 82.9 Å². The van der Waals surface area contributed by atoms with Gasteiger partial charge in [-0.2, -0.15) is 0 Å². The van der Waals surface area contributed by atoms with Crippen molar-refractivity contribution in [3.63, 3.8) is 0 Å². The highest BCUT2D eigenvalue weighted by atomic mass is 35.5. The first-order valence-corrected chi connectivity index (χ1v) is 7.48. The first-order chi connectivity index (χ1) is 10.7. The maximum absolute atomic E-state index is 11.8. The number of carboxylic acid groups (broad SMARTS) is 1. The number of aliphatic carboxylic acids is 1. The van der Waals surface area contributed by atoms with Crippen LogP contribution in [-0.2, 0) is 11.2 Å². The summed E-state index contributed by atoms with van der Waals surface area (Å²) in [5, 5.41) is 12.3. The topological polar surface area (TPSA) is 37.3 Å². The number of halogens is 1. The van der Waals surface area contributed by atoms with Crippen LogP contribution in [0.3, 0.4) is 0 Å². The van der Waals surface area contributed by atoms with Gasteiger partial charge < -0.3 is 5.11 Å². The van der Waals surface area contributed by atoms with Crippen molar-refractivity contribution in [2.24, 2.45) is 0 Å². The van der Waals surface area contributed by atoms with E-state index in [2.05, 4.69) is 0 Å². The molecule has 0 saturated heterocycles. The molecule has 0 aromatic heterocycles. The summed E-state index contributed by atoms with van der Waals surface area (Å²) in [6, 6.07) is 21.0. The molecule has 0 heterocycles. The number of hydrogen-bond donors (Lipinski definition) is 1. The molecule has 1 N–H and O–H groups in total. The van der Waals surface area contributed by atoms with Gasteiger partial charge in [-0.15, -0.1) is 0 Å². The monoisotopic (exact) mass is 310 g/mol. The molecule has 0 spiro atoms. The van der Waals surface area contributed by atoms with Gasteiger partial charge in [-0.1, -0.05) is 72.3 Å². The summed E-state index contributed by atoms with van der Waals surface area (Å²) >= 11 is 6.19. The standard InChI is InChI=1S/C19H15ClO2/c20-18-11-4-2-7-14(18)12-17(19(21)22)16-10-5-8-13-6-1-3-9-15(13)16/h1-11,17H,12H2,(H,21,22). The lowest BCUT2D eigenvalue weighted by molar-refractivity contribution is -0.138. The molecule has 0 amide bonds. The molecular formula is C19H15ClO2. The molecule has 2 nitrogen and oxygen atoms in total. The predicted molar refractivity (Wildman–Crippen MR) is 89.5 cm³/mol. The fraction of sp³-hybridized carbons (Fsp3) is 0.105. The molecule has 0 aliphatic heterocycles. The van der Waals surface area contributed by atoms with Crippen LogP contribution in [-0.4, -0.2) is 11.1 Å². The van der Waals surface area contributed by atoms with E-state index in [1.54, 1.807) is 6.07 Å². The van der Waals surface area contributed by atoms with Crippen LogP contribution in [0.4, 0.5) is 0 Å². The summed E-state index contributed by atoms with van der Waals surface area (Å²) in [5.41, 5.74) is 1.68. The molecule has 0 aliphatic rings. The number of carbonyl (C=O) groups is 1. The van der Waals surface area contributed by atoms with Crippen molar-refractivity contribution in [2.45, 2.75) is 12.3 Å². The summed E-state index contributed by atoms with van der Waals surface area (Å²) in [6.45, 7) is 0. The quantitative estimate of drug-likeness (QED) is 0.744. The fourth-order valence-electron chi connectivity index (χ4n) is 2.77. The highest BCUT2D eigenvalue weighted by molar-refractivity contribution is 6.31. The van der Waals surface area contributed by atoms with Crippen LogP contribution >= 0.6 is 11.6 Å². The van der Waals surface area contributed by atoms with E-state index in [0.29, 0.717) is 11.4 Å². The first-order valence-electron chi connectivity index (χ1n) is 7.10. The maximum Gasteiger partial charge on any atom is 0.311 e. The highest BCUT2D eigenvalue weighted by Crippen LogP contribution is 2.30. The van der Waals surface area contributed by atoms with Crippen molar-refractivity contribution in [1.82, 2.24) is 0 Å². The summed E-state index contributed by atoms with van der Waals surface area (Å²) in [4.78, 5) is 11.8. The molecule has 22 heavy (non-hydrogen) atoms. The second-order valence-electron chi connectivity index (χ2n) is 5.25. The van der Waals surface area contributed by atoms with Crippen LogP contribution < -0.4 is 0 Å². The number of rotatable bonds is 4. The van der Waals surface area contributed by atoms with Gasteiger partial charge in [0.1, 0.15) is 0 Å². The number of fused-ring (bicyclic) bond motifs is 1. The molecule has 0 aliphatic carbocycles. The van der Waals surface area contributed by atoms with Crippen molar-refractivity contribution < 1.29 is 9.90 Å². The van der Waals surface area contributed by atoms with Gasteiger partial charge in [-0.3, -0.25) is 4.79 Å². The third-order valence-electron chi connectivity index (χ3n) is 3.88. The van der Waals surface area contributed by atoms with E-state index >= 15 is 0 Å². The third kappa shape index (κ3) is 2.83. The normalized spacial score (nSPS) is 12.2. The molecule has 0 radical (unpaired) electrons. The Bertz CT molecular complexity index is 821. The van der Waals surface area contributed by atoms with E-state index in [1.165, 1.54) is 0 Å². The minimum absolute atomic E-state index is 0.378. The van der Waals surface area contributed by atoms with Crippen LogP contribution in [0.15, 0.2) is 66.7 Å². The first kappa shape index (κ1) is 14.6. The van der Waals surface area contributed by atoms with E-state index in [-0.39, 0.29) is 0 Å². The molecule has 3 heteroatoms. The van der Waals surface area contributed by atoms with E-state index in [1.807, 2.05) is 60.7 Å². The van der Waals surface area contributed by atoms with Gasteiger partial charge >= 0.3 is 5.97 Å². The Balaban J connectivity index is 2.08. The second kappa shape index (κ2) is 6.20. The average molecular weight is 311 g/mol. The van der Waals surface area contributed by atoms with Gasteiger partial charge in [0.15, 0.2) is 0 Å². The molecule has 110 valence electrons. The minimum atomic E-state index is -0.837. The Labute approximate surface area is 134 Å². The van der Waals surface area contributed by atoms with E-state index in [0.717, 1.165) is 21.9 Å². The third-order valence-corrected chi connectivity index (χ3v) is 4.25. The Kier molecular flexibility index (Phi) is 4.12. The van der Waals surface area contributed by atoms with Gasteiger partial charge in [-0.25, -0.2) is 0 Å². The van der Waals surface area contributed by atoms with Crippen LogP contribution in [0, 0.1) is 0 Å². The largest absolute Gasteiger partial charge is 0.481 e. The number of benzene rings is 3. The molecule has 1 atom stereocenters. The Hall–Kier alpha value is -2.32. The second-order valence-corrected chi connectivity index (χ2v) is 5.66. The lowest BCUT2D eigenvalue weighted by atomic mass is 9.88. The lowest BCUT2D eigenvalue weighted by Crippen LogP contribution is -2.15. The lowest BCUT2D eigenvalue weighted by Gasteiger charge is -2.16. The summed E-state index contributed by atoms with van der Waals surface area (Å²) < 4.78 is 0. The summed E-state index contributed by atoms with van der Waals surface area (Å²) in [6.07, 6.45) is 0.378. The van der Waals surface area contributed by atoms with Crippen LogP contribution in [0.5, 0.6) is 0 Å². The molecule has 0 saturated carbocycles. The van der Waals surface area contributed by atoms with E-state index in [4.69, 9.17) is 11.6 Å². The molecule has 1 unspecified atom stereocenters. The van der Waals surface area contributed by atoms with E-state index < -0.39 is 11.9 Å². The van der Waals surface area contributed by atoms with Crippen molar-refractivity contribution >= 4 is 28.3 Å². The highest BCUT2D eigenvalue weighted by Gasteiger charge is 2.23. The van der Waals surface area contributed by atoms with Gasteiger partial charge in [0, 0.05) is 5.02 Å². The zero-order valence-corrected chi connectivity index (χ0v) is 12.6. The van der Waals surface area contributed by atoms with Gasteiger partial charge in [-0.05, 0) is 34.4 Å². The zero-order chi connectivity index (χ0) is 15.5.